The molecule has 1 aromatic rings. The highest BCUT2D eigenvalue weighted by Gasteiger charge is 2.30. The minimum Gasteiger partial charge on any atom is -0.494 e. The fourth-order valence-electron chi connectivity index (χ4n) is 2.12. The molecule has 1 aliphatic rings. The Morgan fingerprint density at radius 3 is 2.75 bits per heavy atom. The average molecular weight is 219 g/mol. The van der Waals surface area contributed by atoms with Gasteiger partial charge in [-0.25, -0.2) is 0 Å². The number of rotatable bonds is 2. The van der Waals surface area contributed by atoms with Crippen LogP contribution < -0.4 is 10.1 Å². The van der Waals surface area contributed by atoms with Gasteiger partial charge in [-0.3, -0.25) is 0 Å². The summed E-state index contributed by atoms with van der Waals surface area (Å²) in [6.07, 6.45) is 1.10. The second kappa shape index (κ2) is 4.00. The molecule has 1 N–H and O–H groups in total. The second-order valence-corrected chi connectivity index (χ2v) is 5.52. The first kappa shape index (κ1) is 11.3. The van der Waals surface area contributed by atoms with Crippen LogP contribution >= 0.6 is 0 Å². The largest absolute Gasteiger partial charge is 0.494 e. The lowest BCUT2D eigenvalue weighted by Crippen LogP contribution is -2.31. The number of hydrogen-bond donors (Lipinski definition) is 1. The highest BCUT2D eigenvalue weighted by Crippen LogP contribution is 2.36. The van der Waals surface area contributed by atoms with Crippen LogP contribution in [0.25, 0.3) is 0 Å². The molecule has 0 aromatic heterocycles. The van der Waals surface area contributed by atoms with E-state index in [0.717, 1.165) is 18.8 Å². The molecule has 16 heavy (non-hydrogen) atoms. The summed E-state index contributed by atoms with van der Waals surface area (Å²) in [6.45, 7) is 9.58. The number of benzene rings is 1. The molecule has 1 heterocycles. The molecular weight excluding hydrogens is 198 g/mol. The van der Waals surface area contributed by atoms with E-state index in [1.165, 1.54) is 11.3 Å². The minimum absolute atomic E-state index is 0.296. The number of fused-ring (bicyclic) bond motifs is 1. The molecule has 1 aromatic carbocycles. The summed E-state index contributed by atoms with van der Waals surface area (Å²) in [6, 6.07) is 6.86. The van der Waals surface area contributed by atoms with Crippen LogP contribution in [0, 0.1) is 5.41 Å². The van der Waals surface area contributed by atoms with E-state index >= 15 is 0 Å². The summed E-state index contributed by atoms with van der Waals surface area (Å²) in [5, 5.41) is 3.59. The van der Waals surface area contributed by atoms with Crippen molar-refractivity contribution in [2.24, 2.45) is 5.41 Å². The first-order valence-corrected chi connectivity index (χ1v) is 6.03. The summed E-state index contributed by atoms with van der Waals surface area (Å²) >= 11 is 0. The van der Waals surface area contributed by atoms with Crippen molar-refractivity contribution in [1.29, 1.82) is 0 Å². The van der Waals surface area contributed by atoms with Gasteiger partial charge in [0.1, 0.15) is 5.75 Å². The summed E-state index contributed by atoms with van der Waals surface area (Å²) < 4.78 is 5.52. The minimum atomic E-state index is 0.296. The van der Waals surface area contributed by atoms with Gasteiger partial charge in [0.15, 0.2) is 0 Å². The van der Waals surface area contributed by atoms with Crippen LogP contribution in [0.1, 0.15) is 33.3 Å². The summed E-state index contributed by atoms with van der Waals surface area (Å²) in [5.74, 6) is 0.984. The molecular formula is C14H21NO. The van der Waals surface area contributed by atoms with Gasteiger partial charge >= 0.3 is 0 Å². The maximum atomic E-state index is 5.52. The zero-order chi connectivity index (χ0) is 11.8. The Balaban J connectivity index is 2.18. The fourth-order valence-corrected chi connectivity index (χ4v) is 2.12. The van der Waals surface area contributed by atoms with Gasteiger partial charge in [-0.2, -0.15) is 0 Å². The van der Waals surface area contributed by atoms with E-state index in [-0.39, 0.29) is 0 Å². The summed E-state index contributed by atoms with van der Waals surface area (Å²) in [5.41, 5.74) is 2.94. The van der Waals surface area contributed by atoms with Gasteiger partial charge in [0, 0.05) is 11.7 Å². The van der Waals surface area contributed by atoms with Crippen LogP contribution in [0.2, 0.25) is 0 Å². The molecule has 0 aliphatic carbocycles. The van der Waals surface area contributed by atoms with Crippen molar-refractivity contribution < 1.29 is 4.74 Å². The number of ether oxygens (including phenoxy) is 1. The van der Waals surface area contributed by atoms with E-state index in [1.807, 2.05) is 13.0 Å². The number of nitrogens with one attached hydrogen (secondary N) is 1. The molecule has 0 spiro atoms. The van der Waals surface area contributed by atoms with Crippen LogP contribution in [-0.2, 0) is 6.42 Å². The van der Waals surface area contributed by atoms with E-state index < -0.39 is 0 Å². The molecule has 0 amide bonds. The summed E-state index contributed by atoms with van der Waals surface area (Å²) in [4.78, 5) is 0. The molecule has 0 radical (unpaired) electrons. The van der Waals surface area contributed by atoms with E-state index in [0.29, 0.717) is 11.5 Å². The van der Waals surface area contributed by atoms with Crippen LogP contribution in [0.5, 0.6) is 5.75 Å². The topological polar surface area (TPSA) is 21.3 Å². The zero-order valence-electron chi connectivity index (χ0n) is 10.6. The van der Waals surface area contributed by atoms with E-state index in [4.69, 9.17) is 4.74 Å². The third kappa shape index (κ3) is 2.16. The molecule has 2 rings (SSSR count). The first-order chi connectivity index (χ1) is 7.50. The van der Waals surface area contributed by atoms with Crippen molar-refractivity contribution in [2.75, 3.05) is 11.9 Å². The van der Waals surface area contributed by atoms with Crippen molar-refractivity contribution >= 4 is 5.69 Å². The van der Waals surface area contributed by atoms with Crippen LogP contribution in [0.3, 0.4) is 0 Å². The van der Waals surface area contributed by atoms with Crippen molar-refractivity contribution in [3.05, 3.63) is 23.8 Å². The molecule has 0 saturated heterocycles. The maximum absolute atomic E-state index is 5.52. The molecule has 0 bridgehead atoms. The molecule has 88 valence electrons. The Hall–Kier alpha value is -1.18. The molecule has 2 nitrogen and oxygen atoms in total. The molecule has 2 heteroatoms. The Labute approximate surface area is 98.0 Å². The third-order valence-electron chi connectivity index (χ3n) is 3.19. The Morgan fingerprint density at radius 1 is 1.38 bits per heavy atom. The molecule has 1 unspecified atom stereocenters. The van der Waals surface area contributed by atoms with E-state index in [2.05, 4.69) is 38.2 Å². The van der Waals surface area contributed by atoms with Gasteiger partial charge in [-0.05, 0) is 42.5 Å². The highest BCUT2D eigenvalue weighted by molar-refractivity contribution is 5.59. The van der Waals surface area contributed by atoms with Crippen LogP contribution in [0.15, 0.2) is 18.2 Å². The van der Waals surface area contributed by atoms with Crippen molar-refractivity contribution in [2.45, 2.75) is 40.2 Å². The SMILES string of the molecule is CCOc1ccc2c(c1)CC(C(C)(C)C)N2. The van der Waals surface area contributed by atoms with Gasteiger partial charge in [0.05, 0.1) is 6.61 Å². The Morgan fingerprint density at radius 2 is 2.12 bits per heavy atom. The molecule has 1 aliphatic heterocycles. The summed E-state index contributed by atoms with van der Waals surface area (Å²) in [7, 11) is 0. The van der Waals surface area contributed by atoms with E-state index in [1.54, 1.807) is 0 Å². The van der Waals surface area contributed by atoms with Crippen molar-refractivity contribution in [3.63, 3.8) is 0 Å². The smallest absolute Gasteiger partial charge is 0.119 e. The zero-order valence-corrected chi connectivity index (χ0v) is 10.6. The normalized spacial score (nSPS) is 19.1. The monoisotopic (exact) mass is 219 g/mol. The van der Waals surface area contributed by atoms with Crippen LogP contribution in [0.4, 0.5) is 5.69 Å². The predicted octanol–water partition coefficient (Wildman–Crippen LogP) is 3.47. The van der Waals surface area contributed by atoms with E-state index in [9.17, 15) is 0 Å². The van der Waals surface area contributed by atoms with Crippen molar-refractivity contribution in [1.82, 2.24) is 0 Å². The number of hydrogen-bond acceptors (Lipinski definition) is 2. The fraction of sp³-hybridized carbons (Fsp3) is 0.571. The maximum Gasteiger partial charge on any atom is 0.119 e. The lowest BCUT2D eigenvalue weighted by molar-refractivity contribution is 0.338. The third-order valence-corrected chi connectivity index (χ3v) is 3.19. The molecule has 0 saturated carbocycles. The second-order valence-electron chi connectivity index (χ2n) is 5.52. The van der Waals surface area contributed by atoms with Crippen molar-refractivity contribution in [3.8, 4) is 5.75 Å². The Bertz CT molecular complexity index is 379. The lowest BCUT2D eigenvalue weighted by atomic mass is 9.85. The standard InChI is InChI=1S/C14H21NO/c1-5-16-11-6-7-12-10(8-11)9-13(15-12)14(2,3)4/h6-8,13,15H,5,9H2,1-4H3. The van der Waals surface area contributed by atoms with Gasteiger partial charge in [0.25, 0.3) is 0 Å². The quantitative estimate of drug-likeness (QED) is 0.822. The predicted molar refractivity (Wildman–Crippen MR) is 68.2 cm³/mol. The highest BCUT2D eigenvalue weighted by atomic mass is 16.5. The lowest BCUT2D eigenvalue weighted by Gasteiger charge is -2.27. The first-order valence-electron chi connectivity index (χ1n) is 6.03. The number of anilines is 1. The van der Waals surface area contributed by atoms with Gasteiger partial charge in [0.2, 0.25) is 0 Å². The van der Waals surface area contributed by atoms with Gasteiger partial charge in [-0.15, -0.1) is 0 Å². The Kier molecular flexibility index (Phi) is 2.83. The molecule has 1 atom stereocenters. The average Bonchev–Trinajstić information content (AvgIpc) is 2.60. The molecule has 0 fully saturated rings. The van der Waals surface area contributed by atoms with Crippen LogP contribution in [-0.4, -0.2) is 12.6 Å². The van der Waals surface area contributed by atoms with Gasteiger partial charge in [-0.1, -0.05) is 20.8 Å². The van der Waals surface area contributed by atoms with Gasteiger partial charge < -0.3 is 10.1 Å².